The number of nitro benzene ring substituents is 1. The molecule has 2 rings (SSSR count). The van der Waals surface area contributed by atoms with Crippen molar-refractivity contribution < 1.29 is 14.5 Å². The number of unbranched alkanes of at least 4 members (excludes halogenated alkanes) is 2. The number of carbonyl (C=O) groups is 2. The Morgan fingerprint density at radius 1 is 1.07 bits per heavy atom. The number of benzene rings is 2. The molecule has 0 saturated carbocycles. The van der Waals surface area contributed by atoms with Crippen LogP contribution < -0.4 is 10.6 Å². The molecule has 8 heteroatoms. The Hall–Kier alpha value is -2.93. The van der Waals surface area contributed by atoms with Gasteiger partial charge in [-0.15, -0.1) is 0 Å². The molecule has 2 N–H and O–H groups in total. The first kappa shape index (κ1) is 20.4. The number of nitrogens with one attached hydrogen (secondary N) is 2. The fraction of sp³-hybridized carbons (Fsp3) is 0.263. The number of hydrogen-bond donors (Lipinski definition) is 2. The zero-order valence-corrected chi connectivity index (χ0v) is 15.6. The van der Waals surface area contributed by atoms with Gasteiger partial charge in [-0.05, 0) is 24.6 Å². The molecular weight excluding hydrogens is 370 g/mol. The van der Waals surface area contributed by atoms with Crippen molar-refractivity contribution in [1.29, 1.82) is 0 Å². The molecular formula is C19H20ClN3O4. The van der Waals surface area contributed by atoms with E-state index in [2.05, 4.69) is 17.6 Å². The highest BCUT2D eigenvalue weighted by Gasteiger charge is 2.17. The van der Waals surface area contributed by atoms with Crippen LogP contribution in [0.2, 0.25) is 5.02 Å². The highest BCUT2D eigenvalue weighted by molar-refractivity contribution is 6.34. The SMILES string of the molecule is CCCCCNC(=O)c1ccccc1NC(=O)c1ccc([N+](=O)[O-])cc1Cl. The van der Waals surface area contributed by atoms with Gasteiger partial charge in [0, 0.05) is 18.7 Å². The minimum Gasteiger partial charge on any atom is -0.352 e. The summed E-state index contributed by atoms with van der Waals surface area (Å²) in [5.74, 6) is -0.835. The smallest absolute Gasteiger partial charge is 0.270 e. The predicted molar refractivity (Wildman–Crippen MR) is 104 cm³/mol. The summed E-state index contributed by atoms with van der Waals surface area (Å²) in [6.07, 6.45) is 2.96. The first-order chi connectivity index (χ1) is 12.9. The number of amides is 2. The minimum absolute atomic E-state index is 0.0387. The number of rotatable bonds is 8. The van der Waals surface area contributed by atoms with Crippen molar-refractivity contribution in [2.75, 3.05) is 11.9 Å². The van der Waals surface area contributed by atoms with Crippen LogP contribution in [0.4, 0.5) is 11.4 Å². The van der Waals surface area contributed by atoms with Crippen LogP contribution in [0, 0.1) is 10.1 Å². The van der Waals surface area contributed by atoms with Crippen molar-refractivity contribution in [3.05, 3.63) is 68.7 Å². The maximum Gasteiger partial charge on any atom is 0.270 e. The molecule has 0 heterocycles. The molecule has 0 aliphatic heterocycles. The molecule has 27 heavy (non-hydrogen) atoms. The van der Waals surface area contributed by atoms with E-state index in [1.165, 1.54) is 12.1 Å². The fourth-order valence-corrected chi connectivity index (χ4v) is 2.71. The van der Waals surface area contributed by atoms with Crippen LogP contribution in [0.1, 0.15) is 46.9 Å². The molecule has 0 atom stereocenters. The number of hydrogen-bond acceptors (Lipinski definition) is 4. The summed E-state index contributed by atoms with van der Waals surface area (Å²) in [7, 11) is 0. The minimum atomic E-state index is -0.592. The van der Waals surface area contributed by atoms with Gasteiger partial charge in [0.2, 0.25) is 0 Å². The Kier molecular flexibility index (Phi) is 7.31. The summed E-state index contributed by atoms with van der Waals surface area (Å²) in [6.45, 7) is 2.64. The van der Waals surface area contributed by atoms with E-state index in [1.807, 2.05) is 0 Å². The summed E-state index contributed by atoms with van der Waals surface area (Å²) >= 11 is 5.99. The summed E-state index contributed by atoms with van der Waals surface area (Å²) in [4.78, 5) is 35.0. The highest BCUT2D eigenvalue weighted by atomic mass is 35.5. The number of nitrogens with zero attached hydrogens (tertiary/aromatic N) is 1. The van der Waals surface area contributed by atoms with E-state index in [0.29, 0.717) is 17.8 Å². The Labute approximate surface area is 161 Å². The van der Waals surface area contributed by atoms with E-state index in [0.717, 1.165) is 25.3 Å². The van der Waals surface area contributed by atoms with Crippen molar-refractivity contribution >= 4 is 34.8 Å². The number of nitro groups is 1. The number of anilines is 1. The zero-order valence-electron chi connectivity index (χ0n) is 14.8. The third kappa shape index (κ3) is 5.52. The molecule has 142 valence electrons. The standard InChI is InChI=1S/C19H20ClN3O4/c1-2-3-6-11-21-18(24)15-7-4-5-8-17(15)22-19(25)14-10-9-13(23(26)27)12-16(14)20/h4-5,7-10,12H,2-3,6,11H2,1H3,(H,21,24)(H,22,25). The van der Waals surface area contributed by atoms with Crippen molar-refractivity contribution in [1.82, 2.24) is 5.32 Å². The fourth-order valence-electron chi connectivity index (χ4n) is 2.45. The van der Waals surface area contributed by atoms with Crippen LogP contribution in [0.15, 0.2) is 42.5 Å². The first-order valence-corrected chi connectivity index (χ1v) is 8.94. The maximum absolute atomic E-state index is 12.5. The molecule has 2 aromatic rings. The normalized spacial score (nSPS) is 10.3. The largest absolute Gasteiger partial charge is 0.352 e. The Balaban J connectivity index is 2.14. The van der Waals surface area contributed by atoms with Crippen molar-refractivity contribution in [2.45, 2.75) is 26.2 Å². The van der Waals surface area contributed by atoms with Gasteiger partial charge < -0.3 is 10.6 Å². The van der Waals surface area contributed by atoms with Crippen molar-refractivity contribution in [3.8, 4) is 0 Å². The average molecular weight is 390 g/mol. The quantitative estimate of drug-likeness (QED) is 0.396. The second kappa shape index (κ2) is 9.68. The van der Waals surface area contributed by atoms with Gasteiger partial charge in [-0.1, -0.05) is 43.5 Å². The molecule has 0 fully saturated rings. The molecule has 0 aliphatic rings. The van der Waals surface area contributed by atoms with Gasteiger partial charge in [-0.3, -0.25) is 19.7 Å². The summed E-state index contributed by atoms with van der Waals surface area (Å²) in [5.41, 5.74) is 0.550. The van der Waals surface area contributed by atoms with Gasteiger partial charge in [0.1, 0.15) is 0 Å². The Bertz CT molecular complexity index is 855. The molecule has 0 radical (unpaired) electrons. The Morgan fingerprint density at radius 2 is 1.81 bits per heavy atom. The van der Waals surface area contributed by atoms with Crippen LogP contribution in [-0.4, -0.2) is 23.3 Å². The zero-order chi connectivity index (χ0) is 19.8. The number of para-hydroxylation sites is 1. The average Bonchev–Trinajstić information content (AvgIpc) is 2.65. The Morgan fingerprint density at radius 3 is 2.48 bits per heavy atom. The second-order valence-corrected chi connectivity index (χ2v) is 6.29. The highest BCUT2D eigenvalue weighted by Crippen LogP contribution is 2.24. The predicted octanol–water partition coefficient (Wildman–Crippen LogP) is 4.42. The molecule has 0 aromatic heterocycles. The molecule has 0 unspecified atom stereocenters. The van der Waals surface area contributed by atoms with Crippen LogP contribution in [0.5, 0.6) is 0 Å². The topological polar surface area (TPSA) is 101 Å². The number of carbonyl (C=O) groups excluding carboxylic acids is 2. The van der Waals surface area contributed by atoms with Gasteiger partial charge in [-0.2, -0.15) is 0 Å². The van der Waals surface area contributed by atoms with Crippen LogP contribution >= 0.6 is 11.6 Å². The third-order valence-corrected chi connectivity index (χ3v) is 4.21. The van der Waals surface area contributed by atoms with Gasteiger partial charge in [0.05, 0.1) is 26.8 Å². The number of non-ortho nitro benzene ring substituents is 1. The van der Waals surface area contributed by atoms with Crippen LogP contribution in [0.3, 0.4) is 0 Å². The lowest BCUT2D eigenvalue weighted by atomic mass is 10.1. The van der Waals surface area contributed by atoms with E-state index >= 15 is 0 Å². The molecule has 0 saturated heterocycles. The van der Waals surface area contributed by atoms with Crippen LogP contribution in [0.25, 0.3) is 0 Å². The molecule has 7 nitrogen and oxygen atoms in total. The van der Waals surface area contributed by atoms with E-state index < -0.39 is 10.8 Å². The monoisotopic (exact) mass is 389 g/mol. The molecule has 0 spiro atoms. The lowest BCUT2D eigenvalue weighted by Gasteiger charge is -2.12. The second-order valence-electron chi connectivity index (χ2n) is 5.88. The van der Waals surface area contributed by atoms with Gasteiger partial charge in [0.25, 0.3) is 17.5 Å². The number of halogens is 1. The van der Waals surface area contributed by atoms with Crippen molar-refractivity contribution in [2.24, 2.45) is 0 Å². The van der Waals surface area contributed by atoms with E-state index in [1.54, 1.807) is 24.3 Å². The van der Waals surface area contributed by atoms with E-state index in [4.69, 9.17) is 11.6 Å². The van der Waals surface area contributed by atoms with Crippen LogP contribution in [-0.2, 0) is 0 Å². The van der Waals surface area contributed by atoms with E-state index in [9.17, 15) is 19.7 Å². The van der Waals surface area contributed by atoms with Crippen molar-refractivity contribution in [3.63, 3.8) is 0 Å². The molecule has 2 aromatic carbocycles. The van der Waals surface area contributed by atoms with Gasteiger partial charge in [0.15, 0.2) is 0 Å². The summed E-state index contributed by atoms with van der Waals surface area (Å²) < 4.78 is 0. The maximum atomic E-state index is 12.5. The third-order valence-electron chi connectivity index (χ3n) is 3.89. The lowest BCUT2D eigenvalue weighted by molar-refractivity contribution is -0.384. The molecule has 2 amide bonds. The van der Waals surface area contributed by atoms with Gasteiger partial charge in [-0.25, -0.2) is 0 Å². The van der Waals surface area contributed by atoms with Gasteiger partial charge >= 0.3 is 0 Å². The summed E-state index contributed by atoms with van der Waals surface area (Å²) in [5, 5.41) is 16.2. The first-order valence-electron chi connectivity index (χ1n) is 8.56. The summed E-state index contributed by atoms with van der Waals surface area (Å²) in [6, 6.07) is 10.2. The molecule has 0 aliphatic carbocycles. The molecule has 0 bridgehead atoms. The lowest BCUT2D eigenvalue weighted by Crippen LogP contribution is -2.26. The van der Waals surface area contributed by atoms with E-state index in [-0.39, 0.29) is 22.2 Å².